The van der Waals surface area contributed by atoms with Gasteiger partial charge in [0.05, 0.1) is 11.2 Å². The predicted molar refractivity (Wildman–Crippen MR) is 148 cm³/mol. The second-order valence-corrected chi connectivity index (χ2v) is 10.4. The maximum atomic E-state index is 6.35. The van der Waals surface area contributed by atoms with Crippen LogP contribution < -0.4 is 5.46 Å². The third-order valence-corrected chi connectivity index (χ3v) is 7.71. The van der Waals surface area contributed by atoms with Gasteiger partial charge in [0.15, 0.2) is 0 Å². The van der Waals surface area contributed by atoms with Gasteiger partial charge in [0.25, 0.3) is 0 Å². The SMILES string of the molecule is CC1(C)OB(c2cccc(-c3cccc4cccc(-c5cccc6ccccc56)c34)c2)OC1(C)C. The monoisotopic (exact) mass is 456 g/mol. The van der Waals surface area contributed by atoms with Gasteiger partial charge in [-0.05, 0) is 77.0 Å². The van der Waals surface area contributed by atoms with E-state index >= 15 is 0 Å². The van der Waals surface area contributed by atoms with Crippen molar-refractivity contribution in [1.29, 1.82) is 0 Å². The molecule has 1 aliphatic heterocycles. The molecule has 0 N–H and O–H groups in total. The lowest BCUT2D eigenvalue weighted by Crippen LogP contribution is -2.41. The van der Waals surface area contributed by atoms with Crippen LogP contribution in [-0.2, 0) is 9.31 Å². The van der Waals surface area contributed by atoms with Crippen molar-refractivity contribution < 1.29 is 9.31 Å². The van der Waals surface area contributed by atoms with Gasteiger partial charge in [0, 0.05) is 0 Å². The van der Waals surface area contributed by atoms with E-state index in [1.807, 2.05) is 0 Å². The second-order valence-electron chi connectivity index (χ2n) is 10.4. The summed E-state index contributed by atoms with van der Waals surface area (Å²) in [6.07, 6.45) is 0. The first-order valence-electron chi connectivity index (χ1n) is 12.3. The highest BCUT2D eigenvalue weighted by Gasteiger charge is 2.51. The largest absolute Gasteiger partial charge is 0.494 e. The molecule has 0 aromatic heterocycles. The minimum atomic E-state index is -0.382. The molecule has 0 aliphatic carbocycles. The first kappa shape index (κ1) is 22.1. The van der Waals surface area contributed by atoms with E-state index in [0.29, 0.717) is 0 Å². The summed E-state index contributed by atoms with van der Waals surface area (Å²) in [6.45, 7) is 8.38. The number of hydrogen-bond donors (Lipinski definition) is 0. The van der Waals surface area contributed by atoms with Gasteiger partial charge in [-0.2, -0.15) is 0 Å². The van der Waals surface area contributed by atoms with Gasteiger partial charge in [-0.25, -0.2) is 0 Å². The zero-order chi connectivity index (χ0) is 24.2. The summed E-state index contributed by atoms with van der Waals surface area (Å²) in [7, 11) is -0.382. The van der Waals surface area contributed by atoms with Gasteiger partial charge in [-0.15, -0.1) is 0 Å². The first-order valence-corrected chi connectivity index (χ1v) is 12.3. The maximum absolute atomic E-state index is 6.35. The van der Waals surface area contributed by atoms with E-state index < -0.39 is 0 Å². The molecule has 0 radical (unpaired) electrons. The minimum Gasteiger partial charge on any atom is -0.399 e. The summed E-state index contributed by atoms with van der Waals surface area (Å²) in [5.74, 6) is 0. The molecule has 1 aliphatic rings. The lowest BCUT2D eigenvalue weighted by molar-refractivity contribution is 0.00578. The van der Waals surface area contributed by atoms with Crippen LogP contribution in [0.25, 0.3) is 43.8 Å². The summed E-state index contributed by atoms with van der Waals surface area (Å²) < 4.78 is 12.7. The molecule has 2 nitrogen and oxygen atoms in total. The van der Waals surface area contributed by atoms with Crippen LogP contribution in [0.1, 0.15) is 27.7 Å². The van der Waals surface area contributed by atoms with E-state index in [0.717, 1.165) is 11.0 Å². The molecule has 0 unspecified atom stereocenters. The van der Waals surface area contributed by atoms with Crippen molar-refractivity contribution in [3.63, 3.8) is 0 Å². The van der Waals surface area contributed by atoms with Crippen LogP contribution >= 0.6 is 0 Å². The molecule has 5 aromatic carbocycles. The van der Waals surface area contributed by atoms with Gasteiger partial charge in [0.2, 0.25) is 0 Å². The van der Waals surface area contributed by atoms with Gasteiger partial charge >= 0.3 is 7.12 Å². The first-order chi connectivity index (χ1) is 16.8. The standard InChI is InChI=1S/C32H29BO2/c1-31(2)32(3,4)35-33(34-31)25-16-7-15-24(21-25)27-18-9-13-23-14-10-20-29(30(23)27)28-19-8-12-22-11-5-6-17-26(22)28/h5-21H,1-4H3. The Bertz CT molecular complexity index is 1540. The molecule has 0 atom stereocenters. The molecule has 0 saturated carbocycles. The van der Waals surface area contributed by atoms with Gasteiger partial charge in [-0.3, -0.25) is 0 Å². The topological polar surface area (TPSA) is 18.5 Å². The Balaban J connectivity index is 1.53. The van der Waals surface area contributed by atoms with Crippen LogP contribution in [0, 0.1) is 0 Å². The Hall–Kier alpha value is -3.40. The Morgan fingerprint density at radius 3 is 1.86 bits per heavy atom. The molecule has 3 heteroatoms. The lowest BCUT2D eigenvalue weighted by atomic mass is 9.77. The molecule has 6 rings (SSSR count). The van der Waals surface area contributed by atoms with Gasteiger partial charge in [0.1, 0.15) is 0 Å². The molecular formula is C32H29BO2. The molecule has 172 valence electrons. The number of hydrogen-bond acceptors (Lipinski definition) is 2. The number of fused-ring (bicyclic) bond motifs is 2. The Morgan fingerprint density at radius 2 is 1.11 bits per heavy atom. The molecule has 1 fully saturated rings. The van der Waals surface area contributed by atoms with Crippen molar-refractivity contribution >= 4 is 34.1 Å². The molecule has 0 bridgehead atoms. The maximum Gasteiger partial charge on any atom is 0.494 e. The molecule has 1 saturated heterocycles. The Morgan fingerprint density at radius 1 is 0.543 bits per heavy atom. The number of rotatable bonds is 3. The average molecular weight is 456 g/mol. The highest BCUT2D eigenvalue weighted by Crippen LogP contribution is 2.40. The van der Waals surface area contributed by atoms with Crippen LogP contribution in [0.4, 0.5) is 0 Å². The molecule has 1 heterocycles. The van der Waals surface area contributed by atoms with Crippen LogP contribution in [0.15, 0.2) is 103 Å². The van der Waals surface area contributed by atoms with Crippen molar-refractivity contribution in [2.75, 3.05) is 0 Å². The van der Waals surface area contributed by atoms with Gasteiger partial charge < -0.3 is 9.31 Å². The second kappa shape index (κ2) is 8.08. The smallest absolute Gasteiger partial charge is 0.399 e. The summed E-state index contributed by atoms with van der Waals surface area (Å²) in [4.78, 5) is 0. The lowest BCUT2D eigenvalue weighted by Gasteiger charge is -2.32. The van der Waals surface area contributed by atoms with Gasteiger partial charge in [-0.1, -0.05) is 103 Å². The fourth-order valence-corrected chi connectivity index (χ4v) is 5.10. The summed E-state index contributed by atoms with van der Waals surface area (Å²) >= 11 is 0. The van der Waals surface area contributed by atoms with Crippen LogP contribution in [0.5, 0.6) is 0 Å². The quantitative estimate of drug-likeness (QED) is 0.260. The van der Waals surface area contributed by atoms with Crippen molar-refractivity contribution in [3.8, 4) is 22.3 Å². The molecular weight excluding hydrogens is 427 g/mol. The van der Waals surface area contributed by atoms with E-state index in [1.54, 1.807) is 0 Å². The summed E-state index contributed by atoms with van der Waals surface area (Å²) in [6, 6.07) is 36.9. The van der Waals surface area contributed by atoms with Crippen LogP contribution in [-0.4, -0.2) is 18.3 Å². The summed E-state index contributed by atoms with van der Waals surface area (Å²) in [5.41, 5.74) is 5.18. The van der Waals surface area contributed by atoms with E-state index in [-0.39, 0.29) is 18.3 Å². The van der Waals surface area contributed by atoms with E-state index in [2.05, 4.69) is 131 Å². The third kappa shape index (κ3) is 3.67. The zero-order valence-corrected chi connectivity index (χ0v) is 20.7. The van der Waals surface area contributed by atoms with Crippen LogP contribution in [0.2, 0.25) is 0 Å². The molecule has 0 amide bonds. The molecule has 5 aromatic rings. The predicted octanol–water partition coefficient (Wildman–Crippen LogP) is 7.63. The Labute approximate surface area is 207 Å². The minimum absolute atomic E-state index is 0.366. The highest BCUT2D eigenvalue weighted by atomic mass is 16.7. The van der Waals surface area contributed by atoms with E-state index in [9.17, 15) is 0 Å². The average Bonchev–Trinajstić information content (AvgIpc) is 3.09. The number of benzene rings is 5. The fourth-order valence-electron chi connectivity index (χ4n) is 5.10. The molecule has 0 spiro atoms. The van der Waals surface area contributed by atoms with Crippen molar-refractivity contribution in [2.24, 2.45) is 0 Å². The Kier molecular flexibility index (Phi) is 5.10. The van der Waals surface area contributed by atoms with Crippen molar-refractivity contribution in [1.82, 2.24) is 0 Å². The normalized spacial score (nSPS) is 16.7. The highest BCUT2D eigenvalue weighted by molar-refractivity contribution is 6.62. The summed E-state index contributed by atoms with van der Waals surface area (Å²) in [5, 5.41) is 5.01. The van der Waals surface area contributed by atoms with E-state index in [1.165, 1.54) is 38.2 Å². The van der Waals surface area contributed by atoms with E-state index in [4.69, 9.17) is 9.31 Å². The molecule has 35 heavy (non-hydrogen) atoms. The zero-order valence-electron chi connectivity index (χ0n) is 20.7. The van der Waals surface area contributed by atoms with Crippen LogP contribution in [0.3, 0.4) is 0 Å². The van der Waals surface area contributed by atoms with Crippen molar-refractivity contribution in [3.05, 3.63) is 103 Å². The third-order valence-electron chi connectivity index (χ3n) is 7.71. The fraction of sp³-hybridized carbons (Fsp3) is 0.188. The van der Waals surface area contributed by atoms with Crippen molar-refractivity contribution in [2.45, 2.75) is 38.9 Å².